The Labute approximate surface area is 106 Å². The summed E-state index contributed by atoms with van der Waals surface area (Å²) < 4.78 is 27.9. The first-order valence-corrected chi connectivity index (χ1v) is 7.05. The molecule has 0 aromatic heterocycles. The molecular formula is C12H15NO4S. The molecule has 0 atom stereocenters. The predicted molar refractivity (Wildman–Crippen MR) is 70.5 cm³/mol. The lowest BCUT2D eigenvalue weighted by Crippen LogP contribution is -2.24. The first kappa shape index (κ1) is 14.2. The van der Waals surface area contributed by atoms with Crippen LogP contribution in [-0.4, -0.2) is 32.9 Å². The highest BCUT2D eigenvalue weighted by Crippen LogP contribution is 2.22. The van der Waals surface area contributed by atoms with Gasteiger partial charge >= 0.3 is 0 Å². The second kappa shape index (κ2) is 6.20. The minimum Gasteiger partial charge on any atom is -0.495 e. The third kappa shape index (κ3) is 4.21. The number of ether oxygens (including phenoxy) is 1. The van der Waals surface area contributed by atoms with Crippen molar-refractivity contribution in [1.82, 2.24) is 0 Å². The van der Waals surface area contributed by atoms with Gasteiger partial charge in [-0.25, -0.2) is 8.42 Å². The summed E-state index contributed by atoms with van der Waals surface area (Å²) in [6.07, 6.45) is 1.26. The summed E-state index contributed by atoms with van der Waals surface area (Å²) in [5.74, 6) is -0.906. The van der Waals surface area contributed by atoms with Gasteiger partial charge in [0.25, 0.3) is 0 Å². The molecule has 5 nitrogen and oxygen atoms in total. The first-order chi connectivity index (χ1) is 8.48. The van der Waals surface area contributed by atoms with E-state index in [0.29, 0.717) is 11.4 Å². The Morgan fingerprint density at radius 3 is 2.72 bits per heavy atom. The zero-order chi connectivity index (χ0) is 13.6. The molecule has 18 heavy (non-hydrogen) atoms. The SMILES string of the molecule is C=CCS(=O)(=O)CC(=O)Nc1ccccc1OC. The molecule has 0 aliphatic rings. The average molecular weight is 269 g/mol. The fraction of sp³-hybridized carbons (Fsp3) is 0.250. The fourth-order valence-electron chi connectivity index (χ4n) is 1.37. The third-order valence-corrected chi connectivity index (χ3v) is 3.55. The Hall–Kier alpha value is -1.82. The topological polar surface area (TPSA) is 72.5 Å². The van der Waals surface area contributed by atoms with Gasteiger partial charge in [-0.1, -0.05) is 18.2 Å². The largest absolute Gasteiger partial charge is 0.495 e. The highest BCUT2D eigenvalue weighted by molar-refractivity contribution is 7.92. The van der Waals surface area contributed by atoms with E-state index in [-0.39, 0.29) is 5.75 Å². The van der Waals surface area contributed by atoms with Crippen LogP contribution >= 0.6 is 0 Å². The second-order valence-electron chi connectivity index (χ2n) is 3.59. The van der Waals surface area contributed by atoms with Crippen molar-refractivity contribution in [2.75, 3.05) is 23.9 Å². The van der Waals surface area contributed by atoms with E-state index in [9.17, 15) is 13.2 Å². The van der Waals surface area contributed by atoms with Crippen LogP contribution in [0.4, 0.5) is 5.69 Å². The number of hydrogen-bond acceptors (Lipinski definition) is 4. The molecular weight excluding hydrogens is 254 g/mol. The van der Waals surface area contributed by atoms with Gasteiger partial charge in [0.2, 0.25) is 5.91 Å². The highest BCUT2D eigenvalue weighted by atomic mass is 32.2. The van der Waals surface area contributed by atoms with Crippen LogP contribution < -0.4 is 10.1 Å². The monoisotopic (exact) mass is 269 g/mol. The normalized spacial score (nSPS) is 10.7. The lowest BCUT2D eigenvalue weighted by Gasteiger charge is -2.09. The van der Waals surface area contributed by atoms with Crippen molar-refractivity contribution in [3.05, 3.63) is 36.9 Å². The summed E-state index contributed by atoms with van der Waals surface area (Å²) >= 11 is 0. The molecule has 0 aliphatic carbocycles. The van der Waals surface area contributed by atoms with Gasteiger partial charge in [0.15, 0.2) is 9.84 Å². The summed E-state index contributed by atoms with van der Waals surface area (Å²) in [6.45, 7) is 3.33. The Kier molecular flexibility index (Phi) is 4.91. The van der Waals surface area contributed by atoms with Crippen molar-refractivity contribution in [1.29, 1.82) is 0 Å². The molecule has 1 amide bonds. The number of carbonyl (C=O) groups excluding carboxylic acids is 1. The quantitative estimate of drug-likeness (QED) is 0.788. The Morgan fingerprint density at radius 1 is 1.44 bits per heavy atom. The van der Waals surface area contributed by atoms with E-state index in [0.717, 1.165) is 0 Å². The number of rotatable bonds is 6. The van der Waals surface area contributed by atoms with E-state index >= 15 is 0 Å². The van der Waals surface area contributed by atoms with Crippen LogP contribution in [0.5, 0.6) is 5.75 Å². The van der Waals surface area contributed by atoms with E-state index in [1.54, 1.807) is 24.3 Å². The van der Waals surface area contributed by atoms with Crippen LogP contribution in [0, 0.1) is 0 Å². The summed E-state index contributed by atoms with van der Waals surface area (Å²) in [7, 11) is -1.97. The zero-order valence-corrected chi connectivity index (χ0v) is 10.9. The van der Waals surface area contributed by atoms with Crippen molar-refractivity contribution in [2.24, 2.45) is 0 Å². The maximum atomic E-state index is 11.6. The van der Waals surface area contributed by atoms with Gasteiger partial charge in [0.05, 0.1) is 18.6 Å². The third-order valence-electron chi connectivity index (χ3n) is 2.10. The molecule has 0 saturated carbocycles. The zero-order valence-electron chi connectivity index (χ0n) is 10.0. The molecule has 1 aromatic carbocycles. The van der Waals surface area contributed by atoms with Crippen molar-refractivity contribution in [2.45, 2.75) is 0 Å². The van der Waals surface area contributed by atoms with Gasteiger partial charge in [0.1, 0.15) is 11.5 Å². The smallest absolute Gasteiger partial charge is 0.239 e. The number of hydrogen-bond donors (Lipinski definition) is 1. The van der Waals surface area contributed by atoms with Gasteiger partial charge in [-0.05, 0) is 12.1 Å². The Bertz CT molecular complexity index is 537. The number of sulfone groups is 1. The number of carbonyl (C=O) groups is 1. The van der Waals surface area contributed by atoms with Crippen molar-refractivity contribution in [3.8, 4) is 5.75 Å². The van der Waals surface area contributed by atoms with E-state index in [4.69, 9.17) is 4.74 Å². The van der Waals surface area contributed by atoms with Crippen molar-refractivity contribution in [3.63, 3.8) is 0 Å². The van der Waals surface area contributed by atoms with Crippen molar-refractivity contribution < 1.29 is 17.9 Å². The van der Waals surface area contributed by atoms with Gasteiger partial charge in [-0.15, -0.1) is 6.58 Å². The van der Waals surface area contributed by atoms with Gasteiger partial charge in [0, 0.05) is 0 Å². The Balaban J connectivity index is 2.74. The van der Waals surface area contributed by atoms with E-state index in [1.807, 2.05) is 0 Å². The van der Waals surface area contributed by atoms with Crippen LogP contribution in [0.25, 0.3) is 0 Å². The number of anilines is 1. The van der Waals surface area contributed by atoms with E-state index in [1.165, 1.54) is 13.2 Å². The Morgan fingerprint density at radius 2 is 2.11 bits per heavy atom. The fourth-order valence-corrected chi connectivity index (χ4v) is 2.32. The van der Waals surface area contributed by atoms with Crippen LogP contribution in [0.1, 0.15) is 0 Å². The van der Waals surface area contributed by atoms with Crippen LogP contribution in [-0.2, 0) is 14.6 Å². The van der Waals surface area contributed by atoms with Crippen molar-refractivity contribution >= 4 is 21.4 Å². The summed E-state index contributed by atoms with van der Waals surface area (Å²) in [6, 6.07) is 6.78. The van der Waals surface area contributed by atoms with Crippen LogP contribution in [0.15, 0.2) is 36.9 Å². The molecule has 0 bridgehead atoms. The molecule has 6 heteroatoms. The molecule has 0 spiro atoms. The summed E-state index contributed by atoms with van der Waals surface area (Å²) in [5, 5.41) is 2.50. The standard InChI is InChI=1S/C12H15NO4S/c1-3-8-18(15,16)9-12(14)13-10-6-4-5-7-11(10)17-2/h3-7H,1,8-9H2,2H3,(H,13,14). The molecule has 1 rings (SSSR count). The lowest BCUT2D eigenvalue weighted by atomic mass is 10.3. The average Bonchev–Trinajstić information content (AvgIpc) is 2.28. The lowest BCUT2D eigenvalue weighted by molar-refractivity contribution is -0.113. The van der Waals surface area contributed by atoms with Crippen LogP contribution in [0.3, 0.4) is 0 Å². The molecule has 98 valence electrons. The maximum Gasteiger partial charge on any atom is 0.239 e. The molecule has 0 radical (unpaired) electrons. The molecule has 0 aliphatic heterocycles. The first-order valence-electron chi connectivity index (χ1n) is 5.22. The van der Waals surface area contributed by atoms with Gasteiger partial charge in [-0.3, -0.25) is 4.79 Å². The molecule has 0 heterocycles. The molecule has 0 fully saturated rings. The minimum atomic E-state index is -3.44. The summed E-state index contributed by atoms with van der Waals surface area (Å²) in [5.41, 5.74) is 0.443. The number of nitrogens with one attached hydrogen (secondary N) is 1. The molecule has 1 aromatic rings. The number of amides is 1. The number of benzene rings is 1. The molecule has 0 unspecified atom stereocenters. The van der Waals surface area contributed by atoms with Crippen LogP contribution in [0.2, 0.25) is 0 Å². The van der Waals surface area contributed by atoms with Gasteiger partial charge < -0.3 is 10.1 Å². The number of para-hydroxylation sites is 2. The van der Waals surface area contributed by atoms with Gasteiger partial charge in [-0.2, -0.15) is 0 Å². The van der Waals surface area contributed by atoms with E-state index in [2.05, 4.69) is 11.9 Å². The highest BCUT2D eigenvalue weighted by Gasteiger charge is 2.16. The predicted octanol–water partition coefficient (Wildman–Crippen LogP) is 1.23. The number of methoxy groups -OCH3 is 1. The van der Waals surface area contributed by atoms with E-state index < -0.39 is 21.5 Å². The minimum absolute atomic E-state index is 0.216. The maximum absolute atomic E-state index is 11.6. The second-order valence-corrected chi connectivity index (χ2v) is 5.70. The summed E-state index contributed by atoms with van der Waals surface area (Å²) in [4.78, 5) is 11.6. The molecule has 1 N–H and O–H groups in total. The molecule has 0 saturated heterocycles.